The topological polar surface area (TPSA) is 43.7 Å². The first kappa shape index (κ1) is 10.6. The van der Waals surface area contributed by atoms with Crippen molar-refractivity contribution in [1.29, 1.82) is 0 Å². The van der Waals surface area contributed by atoms with Crippen molar-refractivity contribution >= 4 is 0 Å². The fourth-order valence-electron chi connectivity index (χ4n) is 2.00. The van der Waals surface area contributed by atoms with Crippen LogP contribution in [0, 0.1) is 0 Å². The van der Waals surface area contributed by atoms with Gasteiger partial charge in [0.25, 0.3) is 0 Å². The summed E-state index contributed by atoms with van der Waals surface area (Å²) in [6.45, 7) is 2.18. The van der Waals surface area contributed by atoms with E-state index >= 15 is 0 Å². The molecule has 1 heterocycles. The van der Waals surface area contributed by atoms with Gasteiger partial charge in [-0.05, 0) is 12.0 Å². The van der Waals surface area contributed by atoms with Crippen LogP contribution in [0.4, 0.5) is 0 Å². The maximum atomic E-state index is 9.94. The van der Waals surface area contributed by atoms with Crippen LogP contribution in [-0.4, -0.2) is 40.9 Å². The van der Waals surface area contributed by atoms with Crippen molar-refractivity contribution in [1.82, 2.24) is 4.90 Å². The lowest BCUT2D eigenvalue weighted by Crippen LogP contribution is -2.27. The quantitative estimate of drug-likeness (QED) is 0.770. The first-order chi connectivity index (χ1) is 7.25. The SMILES string of the molecule is OC(CN1CC[C@H](O)C1)c1ccccc1. The second kappa shape index (κ2) is 4.75. The molecule has 0 saturated carbocycles. The van der Waals surface area contributed by atoms with Crippen molar-refractivity contribution in [3.8, 4) is 0 Å². The molecule has 1 aliphatic rings. The van der Waals surface area contributed by atoms with Crippen LogP contribution in [0.15, 0.2) is 30.3 Å². The number of benzene rings is 1. The van der Waals surface area contributed by atoms with Gasteiger partial charge >= 0.3 is 0 Å². The van der Waals surface area contributed by atoms with Gasteiger partial charge in [-0.3, -0.25) is 4.90 Å². The van der Waals surface area contributed by atoms with Crippen molar-refractivity contribution in [2.24, 2.45) is 0 Å². The Morgan fingerprint density at radius 1 is 1.33 bits per heavy atom. The monoisotopic (exact) mass is 207 g/mol. The molecule has 0 radical (unpaired) electrons. The first-order valence-electron chi connectivity index (χ1n) is 5.39. The van der Waals surface area contributed by atoms with E-state index in [9.17, 15) is 10.2 Å². The molecule has 1 saturated heterocycles. The number of nitrogens with zero attached hydrogens (tertiary/aromatic N) is 1. The highest BCUT2D eigenvalue weighted by atomic mass is 16.3. The molecule has 1 fully saturated rings. The molecule has 1 aromatic rings. The zero-order chi connectivity index (χ0) is 10.7. The molecule has 2 rings (SSSR count). The summed E-state index contributed by atoms with van der Waals surface area (Å²) in [5.74, 6) is 0. The molecule has 3 nitrogen and oxygen atoms in total. The number of aliphatic hydroxyl groups is 2. The lowest BCUT2D eigenvalue weighted by Gasteiger charge is -2.19. The van der Waals surface area contributed by atoms with Gasteiger partial charge in [-0.2, -0.15) is 0 Å². The molecule has 1 aliphatic heterocycles. The normalized spacial score (nSPS) is 24.3. The van der Waals surface area contributed by atoms with Gasteiger partial charge in [-0.1, -0.05) is 30.3 Å². The van der Waals surface area contributed by atoms with Crippen LogP contribution in [0.1, 0.15) is 18.1 Å². The van der Waals surface area contributed by atoms with E-state index in [0.29, 0.717) is 13.1 Å². The highest BCUT2D eigenvalue weighted by molar-refractivity contribution is 5.17. The second-order valence-corrected chi connectivity index (χ2v) is 4.13. The van der Waals surface area contributed by atoms with Crippen LogP contribution in [0.3, 0.4) is 0 Å². The molecule has 1 aromatic carbocycles. The molecule has 2 atom stereocenters. The summed E-state index contributed by atoms with van der Waals surface area (Å²) in [6, 6.07) is 9.65. The maximum absolute atomic E-state index is 9.94. The van der Waals surface area contributed by atoms with E-state index in [0.717, 1.165) is 18.5 Å². The molecule has 3 heteroatoms. The van der Waals surface area contributed by atoms with Crippen molar-refractivity contribution < 1.29 is 10.2 Å². The Morgan fingerprint density at radius 3 is 2.67 bits per heavy atom. The molecule has 0 aromatic heterocycles. The van der Waals surface area contributed by atoms with Crippen LogP contribution in [0.25, 0.3) is 0 Å². The van der Waals surface area contributed by atoms with E-state index in [4.69, 9.17) is 0 Å². The Balaban J connectivity index is 1.90. The molecule has 15 heavy (non-hydrogen) atoms. The second-order valence-electron chi connectivity index (χ2n) is 4.13. The van der Waals surface area contributed by atoms with Crippen molar-refractivity contribution in [3.05, 3.63) is 35.9 Å². The fourth-order valence-corrected chi connectivity index (χ4v) is 2.00. The summed E-state index contributed by atoms with van der Waals surface area (Å²) in [5.41, 5.74) is 0.943. The van der Waals surface area contributed by atoms with Crippen LogP contribution in [-0.2, 0) is 0 Å². The van der Waals surface area contributed by atoms with Crippen LogP contribution >= 0.6 is 0 Å². The zero-order valence-electron chi connectivity index (χ0n) is 8.71. The molecule has 0 aliphatic carbocycles. The predicted molar refractivity (Wildman–Crippen MR) is 58.5 cm³/mol. The summed E-state index contributed by atoms with van der Waals surface area (Å²) >= 11 is 0. The minimum absolute atomic E-state index is 0.215. The van der Waals surface area contributed by atoms with Gasteiger partial charge in [-0.25, -0.2) is 0 Å². The fraction of sp³-hybridized carbons (Fsp3) is 0.500. The van der Waals surface area contributed by atoms with Gasteiger partial charge in [0, 0.05) is 19.6 Å². The third kappa shape index (κ3) is 2.78. The molecular weight excluding hydrogens is 190 g/mol. The Morgan fingerprint density at radius 2 is 2.07 bits per heavy atom. The predicted octanol–water partition coefficient (Wildman–Crippen LogP) is 0.787. The van der Waals surface area contributed by atoms with Gasteiger partial charge in [0.15, 0.2) is 0 Å². The first-order valence-corrected chi connectivity index (χ1v) is 5.39. The lowest BCUT2D eigenvalue weighted by atomic mass is 10.1. The van der Waals surface area contributed by atoms with E-state index in [1.807, 2.05) is 30.3 Å². The maximum Gasteiger partial charge on any atom is 0.0916 e. The third-order valence-corrected chi connectivity index (χ3v) is 2.86. The Kier molecular flexibility index (Phi) is 3.36. The largest absolute Gasteiger partial charge is 0.392 e. The van der Waals surface area contributed by atoms with Crippen molar-refractivity contribution in [2.75, 3.05) is 19.6 Å². The number of β-amino-alcohol motifs (C(OH)–C–C–N with tert-alkyl or cyclic N) is 2. The Bertz CT molecular complexity index is 302. The number of hydrogen-bond donors (Lipinski definition) is 2. The summed E-state index contributed by atoms with van der Waals surface area (Å²) in [5, 5.41) is 19.3. The Labute approximate surface area is 90.0 Å². The minimum Gasteiger partial charge on any atom is -0.392 e. The smallest absolute Gasteiger partial charge is 0.0916 e. The number of hydrogen-bond acceptors (Lipinski definition) is 3. The molecule has 2 N–H and O–H groups in total. The molecule has 0 amide bonds. The minimum atomic E-state index is -0.448. The van der Waals surface area contributed by atoms with Gasteiger partial charge in [0.2, 0.25) is 0 Å². The van der Waals surface area contributed by atoms with Gasteiger partial charge in [-0.15, -0.1) is 0 Å². The standard InChI is InChI=1S/C12H17NO2/c14-11-6-7-13(8-11)9-12(15)10-4-2-1-3-5-10/h1-5,11-12,14-15H,6-9H2/t11-,12?/m0/s1. The molecule has 0 bridgehead atoms. The average Bonchev–Trinajstić information content (AvgIpc) is 2.65. The summed E-state index contributed by atoms with van der Waals surface area (Å²) < 4.78 is 0. The average molecular weight is 207 g/mol. The van der Waals surface area contributed by atoms with Crippen LogP contribution in [0.2, 0.25) is 0 Å². The van der Waals surface area contributed by atoms with E-state index in [1.54, 1.807) is 0 Å². The number of rotatable bonds is 3. The van der Waals surface area contributed by atoms with E-state index in [2.05, 4.69) is 4.90 Å². The zero-order valence-corrected chi connectivity index (χ0v) is 8.71. The summed E-state index contributed by atoms with van der Waals surface area (Å²) in [6.07, 6.45) is 0.158. The van der Waals surface area contributed by atoms with Crippen molar-refractivity contribution in [3.63, 3.8) is 0 Å². The lowest BCUT2D eigenvalue weighted by molar-refractivity contribution is 0.113. The molecular formula is C12H17NO2. The van der Waals surface area contributed by atoms with Gasteiger partial charge in [0.1, 0.15) is 0 Å². The Hall–Kier alpha value is -0.900. The highest BCUT2D eigenvalue weighted by Gasteiger charge is 2.22. The van der Waals surface area contributed by atoms with Gasteiger partial charge in [0.05, 0.1) is 12.2 Å². The van der Waals surface area contributed by atoms with Crippen LogP contribution < -0.4 is 0 Å². The number of aliphatic hydroxyl groups excluding tert-OH is 2. The molecule has 82 valence electrons. The third-order valence-electron chi connectivity index (χ3n) is 2.86. The van der Waals surface area contributed by atoms with Gasteiger partial charge < -0.3 is 10.2 Å². The molecule has 1 unspecified atom stereocenters. The summed E-state index contributed by atoms with van der Waals surface area (Å²) in [4.78, 5) is 2.10. The van der Waals surface area contributed by atoms with E-state index in [1.165, 1.54) is 0 Å². The highest BCUT2D eigenvalue weighted by Crippen LogP contribution is 2.17. The number of likely N-dealkylation sites (tertiary alicyclic amines) is 1. The summed E-state index contributed by atoms with van der Waals surface area (Å²) in [7, 11) is 0. The van der Waals surface area contributed by atoms with Crippen LogP contribution in [0.5, 0.6) is 0 Å². The van der Waals surface area contributed by atoms with E-state index < -0.39 is 6.10 Å². The van der Waals surface area contributed by atoms with Crippen molar-refractivity contribution in [2.45, 2.75) is 18.6 Å². The molecule has 0 spiro atoms. The van der Waals surface area contributed by atoms with E-state index in [-0.39, 0.29) is 6.10 Å².